The van der Waals surface area contributed by atoms with Crippen LogP contribution in [0.5, 0.6) is 0 Å². The van der Waals surface area contributed by atoms with Crippen LogP contribution in [-0.2, 0) is 6.42 Å². The fourth-order valence-corrected chi connectivity index (χ4v) is 4.52. The highest BCUT2D eigenvalue weighted by molar-refractivity contribution is 7.10. The van der Waals surface area contributed by atoms with Crippen molar-refractivity contribution in [1.29, 1.82) is 0 Å². The van der Waals surface area contributed by atoms with Gasteiger partial charge in [0.1, 0.15) is 0 Å². The van der Waals surface area contributed by atoms with E-state index in [0.29, 0.717) is 18.9 Å². The Labute approximate surface area is 121 Å². The van der Waals surface area contributed by atoms with Crippen molar-refractivity contribution in [3.8, 4) is 0 Å². The molecule has 0 radical (unpaired) electrons. The molecule has 3 rings (SSSR count). The van der Waals surface area contributed by atoms with E-state index in [4.69, 9.17) is 0 Å². The Balaban J connectivity index is 1.56. The van der Waals surface area contributed by atoms with Gasteiger partial charge in [0.15, 0.2) is 0 Å². The van der Waals surface area contributed by atoms with Gasteiger partial charge in [-0.2, -0.15) is 13.2 Å². The molecular formula is C15H20F3NS. The number of alkyl halides is 3. The van der Waals surface area contributed by atoms with Crippen LogP contribution in [0.3, 0.4) is 0 Å². The summed E-state index contributed by atoms with van der Waals surface area (Å²) in [6, 6.07) is 2.79. The third-order valence-corrected chi connectivity index (χ3v) is 5.68. The van der Waals surface area contributed by atoms with Gasteiger partial charge in [-0.25, -0.2) is 0 Å². The second-order valence-corrected chi connectivity index (χ2v) is 7.00. The minimum Gasteiger partial charge on any atom is -0.307 e. The molecular weight excluding hydrogens is 283 g/mol. The van der Waals surface area contributed by atoms with E-state index < -0.39 is 12.1 Å². The van der Waals surface area contributed by atoms with E-state index in [0.717, 1.165) is 12.8 Å². The zero-order chi connectivity index (χ0) is 14.2. The molecule has 1 unspecified atom stereocenters. The average molecular weight is 303 g/mol. The number of thiophene rings is 1. The van der Waals surface area contributed by atoms with Crippen LogP contribution < -0.4 is 5.32 Å². The van der Waals surface area contributed by atoms with Gasteiger partial charge in [-0.05, 0) is 62.0 Å². The van der Waals surface area contributed by atoms with Crippen molar-refractivity contribution in [2.45, 2.75) is 63.2 Å². The molecule has 0 aliphatic heterocycles. The van der Waals surface area contributed by atoms with Gasteiger partial charge < -0.3 is 5.32 Å². The quantitative estimate of drug-likeness (QED) is 0.824. The molecule has 1 N–H and O–H groups in total. The van der Waals surface area contributed by atoms with Crippen molar-refractivity contribution in [3.63, 3.8) is 0 Å². The van der Waals surface area contributed by atoms with Gasteiger partial charge in [0, 0.05) is 17.0 Å². The Hall–Kier alpha value is -0.550. The Morgan fingerprint density at radius 3 is 2.55 bits per heavy atom. The van der Waals surface area contributed by atoms with E-state index in [1.165, 1.54) is 16.9 Å². The summed E-state index contributed by atoms with van der Waals surface area (Å²) in [7, 11) is 0. The molecule has 0 bridgehead atoms. The van der Waals surface area contributed by atoms with Crippen molar-refractivity contribution in [2.24, 2.45) is 5.92 Å². The highest BCUT2D eigenvalue weighted by atomic mass is 32.1. The van der Waals surface area contributed by atoms with E-state index in [1.54, 1.807) is 11.3 Å². The molecule has 20 heavy (non-hydrogen) atoms. The lowest BCUT2D eigenvalue weighted by atomic mass is 9.84. The number of fused-ring (bicyclic) bond motifs is 1. The van der Waals surface area contributed by atoms with Crippen LogP contribution in [0.25, 0.3) is 0 Å². The minimum absolute atomic E-state index is 0.254. The summed E-state index contributed by atoms with van der Waals surface area (Å²) in [5, 5.41) is 5.74. The first-order valence-corrected chi connectivity index (χ1v) is 8.31. The molecule has 1 fully saturated rings. The van der Waals surface area contributed by atoms with Crippen LogP contribution in [0, 0.1) is 5.92 Å². The third-order valence-electron chi connectivity index (χ3n) is 4.68. The van der Waals surface area contributed by atoms with Gasteiger partial charge in [0.05, 0.1) is 5.92 Å². The second kappa shape index (κ2) is 5.68. The van der Waals surface area contributed by atoms with Gasteiger partial charge in [-0.1, -0.05) is 0 Å². The van der Waals surface area contributed by atoms with Crippen molar-refractivity contribution >= 4 is 11.3 Å². The van der Waals surface area contributed by atoms with Crippen LogP contribution in [0.15, 0.2) is 11.4 Å². The zero-order valence-electron chi connectivity index (χ0n) is 11.4. The summed E-state index contributed by atoms with van der Waals surface area (Å²) in [4.78, 5) is 1.46. The molecule has 1 heterocycles. The molecule has 2 aliphatic carbocycles. The van der Waals surface area contributed by atoms with Crippen LogP contribution in [0.1, 0.15) is 55.0 Å². The summed E-state index contributed by atoms with van der Waals surface area (Å²) in [5.41, 5.74) is 1.39. The summed E-state index contributed by atoms with van der Waals surface area (Å²) in [6.07, 6.45) is 1.32. The molecule has 0 saturated heterocycles. The van der Waals surface area contributed by atoms with E-state index >= 15 is 0 Å². The van der Waals surface area contributed by atoms with Crippen molar-refractivity contribution < 1.29 is 13.2 Å². The summed E-state index contributed by atoms with van der Waals surface area (Å²) in [5.74, 6) is -1.08. The number of hydrogen-bond donors (Lipinski definition) is 1. The largest absolute Gasteiger partial charge is 0.391 e. The maximum Gasteiger partial charge on any atom is 0.391 e. The molecule has 0 aromatic carbocycles. The lowest BCUT2D eigenvalue weighted by Gasteiger charge is -2.34. The van der Waals surface area contributed by atoms with E-state index in [-0.39, 0.29) is 18.9 Å². The first-order valence-electron chi connectivity index (χ1n) is 7.43. The van der Waals surface area contributed by atoms with E-state index in [2.05, 4.69) is 16.8 Å². The van der Waals surface area contributed by atoms with Gasteiger partial charge >= 0.3 is 6.18 Å². The van der Waals surface area contributed by atoms with E-state index in [1.807, 2.05) is 0 Å². The fraction of sp³-hybridized carbons (Fsp3) is 0.733. The highest BCUT2D eigenvalue weighted by Crippen LogP contribution is 2.39. The summed E-state index contributed by atoms with van der Waals surface area (Å²) >= 11 is 1.81. The molecule has 1 aromatic rings. The number of rotatable bonds is 2. The van der Waals surface area contributed by atoms with Crippen molar-refractivity contribution in [2.75, 3.05) is 0 Å². The Morgan fingerprint density at radius 1 is 1.10 bits per heavy atom. The maximum atomic E-state index is 12.7. The van der Waals surface area contributed by atoms with Crippen LogP contribution in [-0.4, -0.2) is 12.2 Å². The van der Waals surface area contributed by atoms with Crippen LogP contribution in [0.4, 0.5) is 13.2 Å². The molecule has 2 aliphatic rings. The Bertz CT molecular complexity index is 446. The average Bonchev–Trinajstić information content (AvgIpc) is 2.88. The molecule has 112 valence electrons. The normalized spacial score (nSPS) is 31.1. The topological polar surface area (TPSA) is 12.0 Å². The number of aryl methyl sites for hydroxylation is 1. The second-order valence-electron chi connectivity index (χ2n) is 6.00. The predicted octanol–water partition coefficient (Wildman–Crippen LogP) is 4.84. The molecule has 1 aromatic heterocycles. The SMILES string of the molecule is FC(F)(F)C1CCC(NC2CCCc3sccc32)CC1. The maximum absolute atomic E-state index is 12.7. The lowest BCUT2D eigenvalue weighted by molar-refractivity contribution is -0.182. The lowest BCUT2D eigenvalue weighted by Crippen LogP contribution is -2.39. The van der Waals surface area contributed by atoms with Crippen LogP contribution >= 0.6 is 11.3 Å². The first-order chi connectivity index (χ1) is 9.54. The van der Waals surface area contributed by atoms with Gasteiger partial charge in [0.2, 0.25) is 0 Å². The number of nitrogens with one attached hydrogen (secondary N) is 1. The van der Waals surface area contributed by atoms with Gasteiger partial charge in [-0.3, -0.25) is 0 Å². The monoisotopic (exact) mass is 303 g/mol. The molecule has 0 spiro atoms. The number of halogens is 3. The van der Waals surface area contributed by atoms with Crippen LogP contribution in [0.2, 0.25) is 0 Å². The third kappa shape index (κ3) is 3.03. The molecule has 0 amide bonds. The molecule has 1 nitrogen and oxygen atoms in total. The number of hydrogen-bond acceptors (Lipinski definition) is 2. The molecule has 1 atom stereocenters. The standard InChI is InChI=1S/C15H20F3NS/c16-15(17,18)10-4-6-11(7-5-10)19-13-2-1-3-14-12(13)8-9-20-14/h8-11,13,19H,1-7H2. The van der Waals surface area contributed by atoms with Crippen molar-refractivity contribution in [3.05, 3.63) is 21.9 Å². The summed E-state index contributed by atoms with van der Waals surface area (Å²) < 4.78 is 38.0. The first kappa shape index (κ1) is 14.4. The summed E-state index contributed by atoms with van der Waals surface area (Å²) in [6.45, 7) is 0. The predicted molar refractivity (Wildman–Crippen MR) is 74.9 cm³/mol. The zero-order valence-corrected chi connectivity index (χ0v) is 12.2. The Morgan fingerprint density at radius 2 is 1.85 bits per heavy atom. The smallest absolute Gasteiger partial charge is 0.307 e. The minimum atomic E-state index is -4.00. The molecule has 5 heteroatoms. The Kier molecular flexibility index (Phi) is 4.09. The van der Waals surface area contributed by atoms with Gasteiger partial charge in [-0.15, -0.1) is 11.3 Å². The van der Waals surface area contributed by atoms with Crippen molar-refractivity contribution in [1.82, 2.24) is 5.32 Å². The van der Waals surface area contributed by atoms with Gasteiger partial charge in [0.25, 0.3) is 0 Å². The fourth-order valence-electron chi connectivity index (χ4n) is 3.53. The van der Waals surface area contributed by atoms with E-state index in [9.17, 15) is 13.2 Å². The highest BCUT2D eigenvalue weighted by Gasteiger charge is 2.41. The molecule has 1 saturated carbocycles.